The third-order valence-electron chi connectivity index (χ3n) is 5.35. The van der Waals surface area contributed by atoms with Crippen molar-refractivity contribution in [3.05, 3.63) is 51.3 Å². The number of carbonyl (C=O) groups is 1. The van der Waals surface area contributed by atoms with Gasteiger partial charge in [0, 0.05) is 25.6 Å². The number of hydrogen-bond acceptors (Lipinski definition) is 4. The highest BCUT2D eigenvalue weighted by atomic mass is 79.9. The van der Waals surface area contributed by atoms with E-state index in [2.05, 4.69) is 21.2 Å². The van der Waals surface area contributed by atoms with E-state index < -0.39 is 10.0 Å². The maximum atomic E-state index is 12.7. The van der Waals surface area contributed by atoms with Gasteiger partial charge in [0.2, 0.25) is 5.91 Å². The largest absolute Gasteiger partial charge is 0.352 e. The number of carbonyl (C=O) groups excluding carboxylic acids is 1. The van der Waals surface area contributed by atoms with E-state index in [1.54, 1.807) is 16.4 Å². The lowest BCUT2D eigenvalue weighted by Gasteiger charge is -2.33. The van der Waals surface area contributed by atoms with E-state index in [-0.39, 0.29) is 17.7 Å². The van der Waals surface area contributed by atoms with Gasteiger partial charge in [-0.1, -0.05) is 36.8 Å². The molecule has 1 aliphatic heterocycles. The number of halogens is 1. The molecule has 2 aromatic rings. The summed E-state index contributed by atoms with van der Waals surface area (Å²) < 4.78 is 28.2. The first-order chi connectivity index (χ1) is 13.3. The minimum Gasteiger partial charge on any atom is -0.352 e. The second-order valence-corrected chi connectivity index (χ2v) is 11.9. The summed E-state index contributed by atoms with van der Waals surface area (Å²) >= 11 is 4.55. The molecule has 0 saturated carbocycles. The van der Waals surface area contributed by atoms with E-state index >= 15 is 0 Å². The summed E-state index contributed by atoms with van der Waals surface area (Å²) in [6.45, 7) is 5.41. The molecule has 1 aliphatic rings. The third-order valence-corrected chi connectivity index (χ3v) is 9.34. The summed E-state index contributed by atoms with van der Waals surface area (Å²) in [4.78, 5) is 12.5. The van der Waals surface area contributed by atoms with E-state index in [1.807, 2.05) is 38.1 Å². The van der Waals surface area contributed by atoms with Crippen molar-refractivity contribution < 1.29 is 13.2 Å². The zero-order valence-electron chi connectivity index (χ0n) is 16.0. The molecule has 28 heavy (non-hydrogen) atoms. The molecule has 1 fully saturated rings. The number of thiophene rings is 1. The van der Waals surface area contributed by atoms with Gasteiger partial charge in [-0.05, 0) is 59.3 Å². The minimum absolute atomic E-state index is 0.0315. The zero-order valence-corrected chi connectivity index (χ0v) is 19.2. The van der Waals surface area contributed by atoms with E-state index in [9.17, 15) is 13.2 Å². The SMILES string of the molecule is Cc1ccc(CNC(=O)[C@H](C)C2CCN(S(=O)(=O)c3ccc(Br)s3)CC2)cc1. The molecule has 3 rings (SSSR count). The number of hydrogen-bond donors (Lipinski definition) is 1. The standard InChI is InChI=1S/C20H25BrN2O3S2/c1-14-3-5-16(6-4-14)13-22-20(24)15(2)17-9-11-23(12-10-17)28(25,26)19-8-7-18(21)27-19/h3-8,15,17H,9-13H2,1-2H3,(H,22,24)/t15-/m1/s1. The quantitative estimate of drug-likeness (QED) is 0.668. The summed E-state index contributed by atoms with van der Waals surface area (Å²) in [5.41, 5.74) is 2.27. The Bertz CT molecular complexity index is 917. The third kappa shape index (κ3) is 5.03. The molecule has 0 aliphatic carbocycles. The molecule has 1 aromatic carbocycles. The molecule has 0 radical (unpaired) electrons. The summed E-state index contributed by atoms with van der Waals surface area (Å²) in [6.07, 6.45) is 1.40. The van der Waals surface area contributed by atoms with Gasteiger partial charge < -0.3 is 5.32 Å². The predicted octanol–water partition coefficient (Wildman–Crippen LogP) is 4.17. The van der Waals surface area contributed by atoms with Crippen LogP contribution in [0.5, 0.6) is 0 Å². The first-order valence-electron chi connectivity index (χ1n) is 9.36. The number of amides is 1. The smallest absolute Gasteiger partial charge is 0.252 e. The van der Waals surface area contributed by atoms with Gasteiger partial charge in [-0.3, -0.25) is 4.79 Å². The highest BCUT2D eigenvalue weighted by Gasteiger charge is 2.34. The molecule has 0 bridgehead atoms. The van der Waals surface area contributed by atoms with Crippen LogP contribution in [0.2, 0.25) is 0 Å². The second-order valence-electron chi connectivity index (χ2n) is 7.29. The average molecular weight is 485 g/mol. The molecule has 152 valence electrons. The monoisotopic (exact) mass is 484 g/mol. The van der Waals surface area contributed by atoms with Crippen molar-refractivity contribution in [1.29, 1.82) is 0 Å². The molecule has 0 unspecified atom stereocenters. The molecule has 2 heterocycles. The lowest BCUT2D eigenvalue weighted by Crippen LogP contribution is -2.42. The number of benzene rings is 1. The number of aryl methyl sites for hydroxylation is 1. The van der Waals surface area contributed by atoms with Crippen LogP contribution in [-0.4, -0.2) is 31.7 Å². The normalized spacial score (nSPS) is 17.4. The molecule has 1 saturated heterocycles. The molecule has 1 N–H and O–H groups in total. The van der Waals surface area contributed by atoms with Crippen LogP contribution in [-0.2, 0) is 21.4 Å². The molecular weight excluding hydrogens is 460 g/mol. The number of rotatable bonds is 6. The predicted molar refractivity (Wildman–Crippen MR) is 116 cm³/mol. The van der Waals surface area contributed by atoms with Crippen molar-refractivity contribution >= 4 is 43.2 Å². The Morgan fingerprint density at radius 1 is 1.21 bits per heavy atom. The van der Waals surface area contributed by atoms with Crippen molar-refractivity contribution in [2.24, 2.45) is 11.8 Å². The van der Waals surface area contributed by atoms with Gasteiger partial charge in [0.15, 0.2) is 0 Å². The fourth-order valence-corrected chi connectivity index (χ4v) is 7.08. The number of sulfonamides is 1. The van der Waals surface area contributed by atoms with E-state index in [0.29, 0.717) is 36.7 Å². The Morgan fingerprint density at radius 3 is 2.43 bits per heavy atom. The first-order valence-corrected chi connectivity index (χ1v) is 12.4. The molecular formula is C20H25BrN2O3S2. The Labute approximate surface area is 179 Å². The van der Waals surface area contributed by atoms with Crippen molar-refractivity contribution in [2.75, 3.05) is 13.1 Å². The van der Waals surface area contributed by atoms with Crippen LogP contribution in [0.15, 0.2) is 44.4 Å². The van der Waals surface area contributed by atoms with Crippen LogP contribution < -0.4 is 5.32 Å². The van der Waals surface area contributed by atoms with E-state index in [0.717, 1.165) is 9.35 Å². The first kappa shape index (κ1) is 21.5. The van der Waals surface area contributed by atoms with Crippen molar-refractivity contribution in [2.45, 2.75) is 37.4 Å². The van der Waals surface area contributed by atoms with Crippen molar-refractivity contribution in [3.8, 4) is 0 Å². The fraction of sp³-hybridized carbons (Fsp3) is 0.450. The lowest BCUT2D eigenvalue weighted by molar-refractivity contribution is -0.126. The maximum absolute atomic E-state index is 12.7. The average Bonchev–Trinajstić information content (AvgIpc) is 3.14. The fourth-order valence-electron chi connectivity index (χ4n) is 3.45. The minimum atomic E-state index is -3.44. The van der Waals surface area contributed by atoms with Gasteiger partial charge in [0.05, 0.1) is 3.79 Å². The maximum Gasteiger partial charge on any atom is 0.252 e. The molecule has 0 spiro atoms. The number of piperidine rings is 1. The van der Waals surface area contributed by atoms with E-state index in [4.69, 9.17) is 0 Å². The highest BCUT2D eigenvalue weighted by molar-refractivity contribution is 9.11. The van der Waals surface area contributed by atoms with Crippen LogP contribution in [0, 0.1) is 18.8 Å². The number of nitrogens with one attached hydrogen (secondary N) is 1. The van der Waals surface area contributed by atoms with Gasteiger partial charge in [0.25, 0.3) is 10.0 Å². The van der Waals surface area contributed by atoms with Crippen LogP contribution in [0.3, 0.4) is 0 Å². The Kier molecular flexibility index (Phi) is 6.96. The zero-order chi connectivity index (χ0) is 20.3. The summed E-state index contributed by atoms with van der Waals surface area (Å²) in [6, 6.07) is 11.5. The van der Waals surface area contributed by atoms with Crippen LogP contribution >= 0.6 is 27.3 Å². The Balaban J connectivity index is 1.52. The molecule has 5 nitrogen and oxygen atoms in total. The van der Waals surface area contributed by atoms with Crippen molar-refractivity contribution in [1.82, 2.24) is 9.62 Å². The second kappa shape index (κ2) is 9.07. The van der Waals surface area contributed by atoms with Crippen LogP contribution in [0.1, 0.15) is 30.9 Å². The van der Waals surface area contributed by atoms with Gasteiger partial charge in [-0.25, -0.2) is 8.42 Å². The van der Waals surface area contributed by atoms with Gasteiger partial charge >= 0.3 is 0 Å². The molecule has 1 aromatic heterocycles. The van der Waals surface area contributed by atoms with Gasteiger partial charge in [0.1, 0.15) is 4.21 Å². The van der Waals surface area contributed by atoms with Crippen LogP contribution in [0.4, 0.5) is 0 Å². The topological polar surface area (TPSA) is 66.5 Å². The van der Waals surface area contributed by atoms with Gasteiger partial charge in [-0.2, -0.15) is 4.31 Å². The van der Waals surface area contributed by atoms with Gasteiger partial charge in [-0.15, -0.1) is 11.3 Å². The van der Waals surface area contributed by atoms with E-state index in [1.165, 1.54) is 16.9 Å². The summed E-state index contributed by atoms with van der Waals surface area (Å²) in [5.74, 6) is 0.0924. The molecule has 8 heteroatoms. The lowest BCUT2D eigenvalue weighted by atomic mass is 9.85. The molecule has 1 amide bonds. The summed E-state index contributed by atoms with van der Waals surface area (Å²) in [5, 5.41) is 3.01. The number of nitrogens with zero attached hydrogens (tertiary/aromatic N) is 1. The van der Waals surface area contributed by atoms with Crippen LogP contribution in [0.25, 0.3) is 0 Å². The summed E-state index contributed by atoms with van der Waals surface area (Å²) in [7, 11) is -3.44. The van der Waals surface area contributed by atoms with Crippen molar-refractivity contribution in [3.63, 3.8) is 0 Å². The Morgan fingerprint density at radius 2 is 1.86 bits per heavy atom. The molecule has 1 atom stereocenters. The highest BCUT2D eigenvalue weighted by Crippen LogP contribution is 2.32. The Hall–Kier alpha value is -1.22.